The highest BCUT2D eigenvalue weighted by Crippen LogP contribution is 2.33. The van der Waals surface area contributed by atoms with Crippen LogP contribution in [0.4, 0.5) is 0 Å². The van der Waals surface area contributed by atoms with Crippen molar-refractivity contribution in [3.8, 4) is 0 Å². The fourth-order valence-corrected chi connectivity index (χ4v) is 3.61. The minimum absolute atomic E-state index is 0.446. The number of nitrogens with two attached hydrogens (primary N) is 1. The number of fused-ring (bicyclic) bond motifs is 1. The molecule has 0 aliphatic heterocycles. The van der Waals surface area contributed by atoms with Gasteiger partial charge in [0.2, 0.25) is 0 Å². The molecule has 90 valence electrons. The normalized spacial score (nSPS) is 18.2. The van der Waals surface area contributed by atoms with E-state index in [0.717, 1.165) is 12.3 Å². The predicted octanol–water partition coefficient (Wildman–Crippen LogP) is 3.08. The third-order valence-electron chi connectivity index (χ3n) is 3.93. The van der Waals surface area contributed by atoms with Gasteiger partial charge in [0.1, 0.15) is 0 Å². The second-order valence-electron chi connectivity index (χ2n) is 4.93. The van der Waals surface area contributed by atoms with Gasteiger partial charge < -0.3 is 0 Å². The molecule has 1 saturated carbocycles. The molecule has 17 heavy (non-hydrogen) atoms. The Morgan fingerprint density at radius 1 is 1.35 bits per heavy atom. The van der Waals surface area contributed by atoms with Gasteiger partial charge in [-0.1, -0.05) is 24.6 Å². The molecule has 1 aliphatic carbocycles. The van der Waals surface area contributed by atoms with Crippen LogP contribution in [0, 0.1) is 5.92 Å². The first-order valence-corrected chi connectivity index (χ1v) is 7.17. The van der Waals surface area contributed by atoms with E-state index in [2.05, 4.69) is 35.1 Å². The number of hydrogen-bond donors (Lipinski definition) is 2. The van der Waals surface area contributed by atoms with Crippen molar-refractivity contribution in [2.45, 2.75) is 31.7 Å². The monoisotopic (exact) mass is 246 g/mol. The molecule has 0 spiro atoms. The van der Waals surface area contributed by atoms with E-state index in [1.807, 2.05) is 11.3 Å². The van der Waals surface area contributed by atoms with E-state index < -0.39 is 0 Å². The van der Waals surface area contributed by atoms with E-state index >= 15 is 0 Å². The van der Waals surface area contributed by atoms with Crippen LogP contribution in [0.3, 0.4) is 0 Å². The number of benzene rings is 1. The van der Waals surface area contributed by atoms with Crippen molar-refractivity contribution >= 4 is 21.4 Å². The van der Waals surface area contributed by atoms with E-state index in [1.54, 1.807) is 0 Å². The maximum absolute atomic E-state index is 5.70. The van der Waals surface area contributed by atoms with Crippen LogP contribution in [0.25, 0.3) is 10.1 Å². The molecule has 3 N–H and O–H groups in total. The van der Waals surface area contributed by atoms with Crippen LogP contribution in [0.5, 0.6) is 0 Å². The number of nitrogens with one attached hydrogen (secondary N) is 1. The molecule has 1 fully saturated rings. The largest absolute Gasteiger partial charge is 0.271 e. The zero-order valence-electron chi connectivity index (χ0n) is 9.86. The number of hydrazine groups is 1. The van der Waals surface area contributed by atoms with Crippen LogP contribution in [0.15, 0.2) is 29.6 Å². The number of hydrogen-bond acceptors (Lipinski definition) is 3. The van der Waals surface area contributed by atoms with Crippen LogP contribution in [-0.2, 0) is 6.42 Å². The summed E-state index contributed by atoms with van der Waals surface area (Å²) >= 11 is 1.84. The Kier molecular flexibility index (Phi) is 3.14. The second-order valence-corrected chi connectivity index (χ2v) is 5.84. The molecule has 2 aromatic rings. The third-order valence-corrected chi connectivity index (χ3v) is 4.95. The molecule has 0 amide bonds. The summed E-state index contributed by atoms with van der Waals surface area (Å²) in [7, 11) is 0. The highest BCUT2D eigenvalue weighted by atomic mass is 32.1. The van der Waals surface area contributed by atoms with Gasteiger partial charge in [-0.05, 0) is 47.6 Å². The smallest absolute Gasteiger partial charge is 0.0345 e. The maximum Gasteiger partial charge on any atom is 0.0345 e. The summed E-state index contributed by atoms with van der Waals surface area (Å²) in [5.74, 6) is 6.47. The van der Waals surface area contributed by atoms with Crippen LogP contribution >= 0.6 is 11.3 Å². The molecule has 1 aromatic carbocycles. The Bertz CT molecular complexity index is 502. The molecule has 0 saturated heterocycles. The molecule has 1 unspecified atom stereocenters. The van der Waals surface area contributed by atoms with Gasteiger partial charge >= 0.3 is 0 Å². The van der Waals surface area contributed by atoms with Gasteiger partial charge in [-0.3, -0.25) is 11.3 Å². The first-order valence-electron chi connectivity index (χ1n) is 6.29. The summed E-state index contributed by atoms with van der Waals surface area (Å²) in [6.07, 6.45) is 5.09. The minimum atomic E-state index is 0.446. The van der Waals surface area contributed by atoms with Gasteiger partial charge in [0.15, 0.2) is 0 Å². The first-order chi connectivity index (χ1) is 8.38. The average molecular weight is 246 g/mol. The lowest BCUT2D eigenvalue weighted by Crippen LogP contribution is -2.44. The van der Waals surface area contributed by atoms with Crippen molar-refractivity contribution in [3.63, 3.8) is 0 Å². The Hall–Kier alpha value is -0.900. The standard InChI is InChI=1S/C14H18N2S/c15-16-13(10-4-3-5-10)8-11-9-17-14-7-2-1-6-12(11)14/h1-2,6-7,9-10,13,16H,3-5,8,15H2. The van der Waals surface area contributed by atoms with Crippen molar-refractivity contribution in [2.24, 2.45) is 11.8 Å². The zero-order valence-corrected chi connectivity index (χ0v) is 10.7. The molecule has 1 aromatic heterocycles. The summed E-state index contributed by atoms with van der Waals surface area (Å²) in [5.41, 5.74) is 4.46. The molecule has 1 aliphatic rings. The Morgan fingerprint density at radius 2 is 2.18 bits per heavy atom. The van der Waals surface area contributed by atoms with Crippen LogP contribution in [0.2, 0.25) is 0 Å². The predicted molar refractivity (Wildman–Crippen MR) is 74.0 cm³/mol. The molecule has 0 radical (unpaired) electrons. The first kappa shape index (κ1) is 11.2. The van der Waals surface area contributed by atoms with Gasteiger partial charge in [0.05, 0.1) is 0 Å². The van der Waals surface area contributed by atoms with Gasteiger partial charge in [0, 0.05) is 10.7 Å². The van der Waals surface area contributed by atoms with Crippen LogP contribution < -0.4 is 11.3 Å². The lowest BCUT2D eigenvalue weighted by Gasteiger charge is -2.33. The summed E-state index contributed by atoms with van der Waals surface area (Å²) in [6, 6.07) is 9.08. The Balaban J connectivity index is 1.83. The van der Waals surface area contributed by atoms with Crippen molar-refractivity contribution in [1.82, 2.24) is 5.43 Å². The van der Waals surface area contributed by atoms with Gasteiger partial charge in [0.25, 0.3) is 0 Å². The third kappa shape index (κ3) is 2.10. The van der Waals surface area contributed by atoms with E-state index in [1.165, 1.54) is 34.9 Å². The Morgan fingerprint density at radius 3 is 2.88 bits per heavy atom. The number of rotatable bonds is 4. The molecule has 2 nitrogen and oxygen atoms in total. The highest BCUT2D eigenvalue weighted by Gasteiger charge is 2.26. The van der Waals surface area contributed by atoms with Gasteiger partial charge in [-0.2, -0.15) is 0 Å². The van der Waals surface area contributed by atoms with Gasteiger partial charge in [-0.15, -0.1) is 11.3 Å². The fourth-order valence-electron chi connectivity index (χ4n) is 2.63. The topological polar surface area (TPSA) is 38.0 Å². The van der Waals surface area contributed by atoms with E-state index in [9.17, 15) is 0 Å². The molecule has 3 heteroatoms. The average Bonchev–Trinajstić information content (AvgIpc) is 2.69. The van der Waals surface area contributed by atoms with Crippen molar-refractivity contribution < 1.29 is 0 Å². The quantitative estimate of drug-likeness (QED) is 0.642. The summed E-state index contributed by atoms with van der Waals surface area (Å²) in [4.78, 5) is 0. The summed E-state index contributed by atoms with van der Waals surface area (Å²) in [6.45, 7) is 0. The van der Waals surface area contributed by atoms with Crippen molar-refractivity contribution in [3.05, 3.63) is 35.2 Å². The van der Waals surface area contributed by atoms with Crippen molar-refractivity contribution in [1.29, 1.82) is 0 Å². The SMILES string of the molecule is NNC(Cc1csc2ccccc12)C1CCC1. The van der Waals surface area contributed by atoms with Gasteiger partial charge in [-0.25, -0.2) is 0 Å². The second kappa shape index (κ2) is 4.77. The highest BCUT2D eigenvalue weighted by molar-refractivity contribution is 7.17. The lowest BCUT2D eigenvalue weighted by atomic mass is 9.78. The maximum atomic E-state index is 5.70. The van der Waals surface area contributed by atoms with Crippen LogP contribution in [-0.4, -0.2) is 6.04 Å². The lowest BCUT2D eigenvalue weighted by molar-refractivity contribution is 0.229. The summed E-state index contributed by atoms with van der Waals surface area (Å²) in [5, 5.41) is 3.69. The Labute approximate surface area is 106 Å². The molecule has 1 atom stereocenters. The molecular formula is C14H18N2S. The summed E-state index contributed by atoms with van der Waals surface area (Å²) < 4.78 is 1.38. The van der Waals surface area contributed by atoms with E-state index in [4.69, 9.17) is 5.84 Å². The zero-order chi connectivity index (χ0) is 11.7. The fraction of sp³-hybridized carbons (Fsp3) is 0.429. The molecule has 3 rings (SSSR count). The molecule has 1 heterocycles. The number of thiophene rings is 1. The van der Waals surface area contributed by atoms with Crippen molar-refractivity contribution in [2.75, 3.05) is 0 Å². The molecule has 0 bridgehead atoms. The van der Waals surface area contributed by atoms with E-state index in [0.29, 0.717) is 6.04 Å². The minimum Gasteiger partial charge on any atom is -0.271 e. The van der Waals surface area contributed by atoms with Crippen LogP contribution in [0.1, 0.15) is 24.8 Å². The van der Waals surface area contributed by atoms with E-state index in [-0.39, 0.29) is 0 Å². The molecular weight excluding hydrogens is 228 g/mol.